The third-order valence-electron chi connectivity index (χ3n) is 5.90. The Balaban J connectivity index is 1.83. The van der Waals surface area contributed by atoms with Crippen LogP contribution in [0.2, 0.25) is 5.02 Å². The summed E-state index contributed by atoms with van der Waals surface area (Å²) in [6.07, 6.45) is 2.68. The first kappa shape index (κ1) is 22.3. The maximum atomic E-state index is 14.4. The highest BCUT2D eigenvalue weighted by atomic mass is 35.5. The lowest BCUT2D eigenvalue weighted by atomic mass is 9.83. The van der Waals surface area contributed by atoms with Crippen molar-refractivity contribution in [1.29, 1.82) is 0 Å². The van der Waals surface area contributed by atoms with Crippen LogP contribution in [0.25, 0.3) is 0 Å². The number of carbonyl (C=O) groups excluding carboxylic acids is 1. The fourth-order valence-corrected chi connectivity index (χ4v) is 4.50. The second-order valence-corrected chi connectivity index (χ2v) is 8.28. The quantitative estimate of drug-likeness (QED) is 0.285. The third-order valence-corrected chi connectivity index (χ3v) is 6.15. The fraction of sp³-hybridized carbons (Fsp3) is 0.192. The molecule has 6 heteroatoms. The molecule has 4 rings (SSSR count). The highest BCUT2D eigenvalue weighted by molar-refractivity contribution is 6.30. The Morgan fingerprint density at radius 2 is 1.59 bits per heavy atom. The summed E-state index contributed by atoms with van der Waals surface area (Å²) in [7, 11) is 0. The molecule has 1 nitrogen and oxygen atoms in total. The summed E-state index contributed by atoms with van der Waals surface area (Å²) in [6.45, 7) is 1.87. The topological polar surface area (TPSA) is 17.1 Å². The molecule has 0 spiro atoms. The third kappa shape index (κ3) is 4.22. The molecule has 3 aromatic rings. The minimum absolute atomic E-state index is 0.204. The Morgan fingerprint density at radius 1 is 0.938 bits per heavy atom. The van der Waals surface area contributed by atoms with E-state index in [-0.39, 0.29) is 11.5 Å². The molecule has 3 aromatic carbocycles. The first-order valence-corrected chi connectivity index (χ1v) is 10.6. The zero-order valence-electron chi connectivity index (χ0n) is 17.1. The zero-order valence-corrected chi connectivity index (χ0v) is 17.9. The van der Waals surface area contributed by atoms with Crippen molar-refractivity contribution in [3.8, 4) is 0 Å². The van der Waals surface area contributed by atoms with Crippen molar-refractivity contribution in [3.63, 3.8) is 0 Å². The fourth-order valence-electron chi connectivity index (χ4n) is 4.38. The summed E-state index contributed by atoms with van der Waals surface area (Å²) >= 11 is 5.99. The van der Waals surface area contributed by atoms with Crippen LogP contribution in [0.5, 0.6) is 0 Å². The number of halogens is 5. The predicted molar refractivity (Wildman–Crippen MR) is 116 cm³/mol. The summed E-state index contributed by atoms with van der Waals surface area (Å²) in [5, 5.41) is 0.561. The van der Waals surface area contributed by atoms with E-state index in [1.807, 2.05) is 19.1 Å². The Labute approximate surface area is 188 Å². The number of carbonyl (C=O) groups is 1. The maximum absolute atomic E-state index is 14.4. The van der Waals surface area contributed by atoms with E-state index in [2.05, 4.69) is 0 Å². The molecular weight excluding hydrogens is 440 g/mol. The monoisotopic (exact) mass is 458 g/mol. The van der Waals surface area contributed by atoms with Crippen LogP contribution in [0.15, 0.2) is 66.2 Å². The van der Waals surface area contributed by atoms with Gasteiger partial charge >= 0.3 is 0 Å². The largest absolute Gasteiger partial charge is 0.289 e. The van der Waals surface area contributed by atoms with E-state index in [4.69, 9.17) is 11.6 Å². The van der Waals surface area contributed by atoms with E-state index < -0.39 is 40.5 Å². The van der Waals surface area contributed by atoms with Crippen LogP contribution in [0.3, 0.4) is 0 Å². The second kappa shape index (κ2) is 8.91. The molecule has 0 amide bonds. The zero-order chi connectivity index (χ0) is 23.0. The number of benzene rings is 3. The molecule has 0 N–H and O–H groups in total. The van der Waals surface area contributed by atoms with Gasteiger partial charge in [-0.15, -0.1) is 0 Å². The van der Waals surface area contributed by atoms with Crippen LogP contribution in [-0.2, 0) is 6.42 Å². The van der Waals surface area contributed by atoms with Gasteiger partial charge in [0.1, 0.15) is 23.3 Å². The van der Waals surface area contributed by atoms with E-state index in [0.717, 1.165) is 11.1 Å². The molecular formula is C26H19ClF4O. The van der Waals surface area contributed by atoms with Gasteiger partial charge in [-0.25, -0.2) is 17.6 Å². The molecule has 0 aromatic heterocycles. The van der Waals surface area contributed by atoms with Crippen molar-refractivity contribution in [1.82, 2.24) is 0 Å². The average molecular weight is 459 g/mol. The first-order chi connectivity index (χ1) is 15.3. The van der Waals surface area contributed by atoms with Gasteiger partial charge in [-0.05, 0) is 53.8 Å². The van der Waals surface area contributed by atoms with Crippen LogP contribution < -0.4 is 0 Å². The van der Waals surface area contributed by atoms with E-state index >= 15 is 0 Å². The average Bonchev–Trinajstić information content (AvgIpc) is 3.18. The van der Waals surface area contributed by atoms with Crippen LogP contribution >= 0.6 is 11.6 Å². The van der Waals surface area contributed by atoms with E-state index in [9.17, 15) is 22.4 Å². The molecule has 0 fully saturated rings. The minimum atomic E-state index is -1.25. The van der Waals surface area contributed by atoms with Crippen molar-refractivity contribution in [2.45, 2.75) is 31.6 Å². The number of ketones is 1. The van der Waals surface area contributed by atoms with Gasteiger partial charge in [0.2, 0.25) is 0 Å². The van der Waals surface area contributed by atoms with Crippen LogP contribution in [0, 0.1) is 23.3 Å². The molecule has 0 saturated carbocycles. The van der Waals surface area contributed by atoms with Gasteiger partial charge in [0.05, 0.1) is 5.56 Å². The normalized spacial score (nSPS) is 18.0. The number of allylic oxidation sites excluding steroid dienone is 2. The van der Waals surface area contributed by atoms with Gasteiger partial charge in [-0.2, -0.15) is 0 Å². The minimum Gasteiger partial charge on any atom is -0.289 e. The van der Waals surface area contributed by atoms with Gasteiger partial charge < -0.3 is 0 Å². The van der Waals surface area contributed by atoms with E-state index in [1.165, 1.54) is 12.1 Å². The lowest BCUT2D eigenvalue weighted by molar-refractivity contribution is 0.102. The molecule has 2 atom stereocenters. The first-order valence-electron chi connectivity index (χ1n) is 10.2. The number of hydrogen-bond acceptors (Lipinski definition) is 1. The molecule has 1 aliphatic rings. The van der Waals surface area contributed by atoms with E-state index in [1.54, 1.807) is 24.3 Å². The maximum Gasteiger partial charge on any atom is 0.195 e. The van der Waals surface area contributed by atoms with Crippen molar-refractivity contribution < 1.29 is 22.4 Å². The predicted octanol–water partition coefficient (Wildman–Crippen LogP) is 7.54. The molecule has 0 saturated heterocycles. The van der Waals surface area contributed by atoms with Crippen molar-refractivity contribution in [2.24, 2.45) is 0 Å². The SMILES string of the molecule is CCc1cc(F)ccc1C1CC(c2ccc(Cl)cc2)C=C1C(=O)c1c(F)cc(F)cc1F. The molecule has 1 aliphatic carbocycles. The summed E-state index contributed by atoms with van der Waals surface area (Å²) in [4.78, 5) is 13.3. The van der Waals surface area contributed by atoms with Gasteiger partial charge in [-0.3, -0.25) is 4.79 Å². The van der Waals surface area contributed by atoms with Gasteiger partial charge in [-0.1, -0.05) is 42.8 Å². The van der Waals surface area contributed by atoms with E-state index in [0.29, 0.717) is 35.6 Å². The van der Waals surface area contributed by atoms with Crippen molar-refractivity contribution in [2.75, 3.05) is 0 Å². The lowest BCUT2D eigenvalue weighted by Crippen LogP contribution is -2.14. The Hall–Kier alpha value is -2.92. The molecule has 0 radical (unpaired) electrons. The van der Waals surface area contributed by atoms with Gasteiger partial charge in [0, 0.05) is 34.6 Å². The van der Waals surface area contributed by atoms with Crippen LogP contribution in [-0.4, -0.2) is 5.78 Å². The van der Waals surface area contributed by atoms with Crippen molar-refractivity contribution in [3.05, 3.63) is 117 Å². The smallest absolute Gasteiger partial charge is 0.195 e. The van der Waals surface area contributed by atoms with Crippen LogP contribution in [0.4, 0.5) is 17.6 Å². The Bertz CT molecular complexity index is 1190. The summed E-state index contributed by atoms with van der Waals surface area (Å²) in [6, 6.07) is 12.4. The summed E-state index contributed by atoms with van der Waals surface area (Å²) in [5.74, 6) is -5.55. The second-order valence-electron chi connectivity index (χ2n) is 7.84. The lowest BCUT2D eigenvalue weighted by Gasteiger charge is -2.20. The molecule has 0 aliphatic heterocycles. The molecule has 32 heavy (non-hydrogen) atoms. The van der Waals surface area contributed by atoms with Gasteiger partial charge in [0.15, 0.2) is 5.78 Å². The Kier molecular flexibility index (Phi) is 6.20. The molecule has 164 valence electrons. The molecule has 2 unspecified atom stereocenters. The van der Waals surface area contributed by atoms with Gasteiger partial charge in [0.25, 0.3) is 0 Å². The Morgan fingerprint density at radius 3 is 2.22 bits per heavy atom. The summed E-state index contributed by atoms with van der Waals surface area (Å²) in [5.41, 5.74) is 1.75. The molecule has 0 heterocycles. The molecule has 0 bridgehead atoms. The summed E-state index contributed by atoms with van der Waals surface area (Å²) < 4.78 is 56.1. The highest BCUT2D eigenvalue weighted by Crippen LogP contribution is 2.46. The van der Waals surface area contributed by atoms with Crippen LogP contribution in [0.1, 0.15) is 52.2 Å². The number of Topliss-reactive ketones (excluding diaryl/α,β-unsaturated/α-hetero) is 1. The highest BCUT2D eigenvalue weighted by Gasteiger charge is 2.36. The number of rotatable bonds is 5. The number of hydrogen-bond donors (Lipinski definition) is 0. The standard InChI is InChI=1S/C26H19ClF4O/c1-2-14-9-18(28)7-8-20(14)21-10-16(15-3-5-17(27)6-4-15)11-22(21)26(32)25-23(30)12-19(29)13-24(25)31/h3-9,11-13,16,21H,2,10H2,1H3. The number of aryl methyl sites for hydroxylation is 1. The van der Waals surface area contributed by atoms with Crippen molar-refractivity contribution >= 4 is 17.4 Å².